The van der Waals surface area contributed by atoms with Crippen molar-refractivity contribution in [1.29, 1.82) is 0 Å². The Morgan fingerprint density at radius 2 is 2.12 bits per heavy atom. The van der Waals surface area contributed by atoms with E-state index in [1.54, 1.807) is 6.20 Å². The second-order valence-electron chi connectivity index (χ2n) is 5.71. The summed E-state index contributed by atoms with van der Waals surface area (Å²) < 4.78 is 0. The van der Waals surface area contributed by atoms with Crippen molar-refractivity contribution in [1.82, 2.24) is 30.1 Å². The normalized spacial score (nSPS) is 13.5. The lowest BCUT2D eigenvalue weighted by molar-refractivity contribution is -0.117. The Balaban J connectivity index is 1.74. The highest BCUT2D eigenvalue weighted by molar-refractivity contribution is 6.00. The van der Waals surface area contributed by atoms with Gasteiger partial charge in [-0.25, -0.2) is 19.9 Å². The van der Waals surface area contributed by atoms with Crippen LogP contribution < -0.4 is 10.2 Å². The van der Waals surface area contributed by atoms with E-state index in [1.165, 1.54) is 11.2 Å². The highest BCUT2D eigenvalue weighted by Gasteiger charge is 2.26. The summed E-state index contributed by atoms with van der Waals surface area (Å²) in [6.45, 7) is 2.02. The number of amides is 1. The van der Waals surface area contributed by atoms with E-state index in [0.717, 1.165) is 11.3 Å². The zero-order valence-electron chi connectivity index (χ0n) is 14.0. The Bertz CT molecular complexity index is 957. The molecule has 3 aromatic rings. The standard InChI is InChI=1S/C16H16N8O2/c1-9-10(2-3-11(21-9)14-19-8-20-23-14)12-6-17-15-16(22-12)24(4-5-25)13(26)7-18-15/h2-3,6,8,25H,4-5,7H2,1H3,(H,17,18)(H,19,20,23). The molecule has 10 heteroatoms. The van der Waals surface area contributed by atoms with Gasteiger partial charge in [0.25, 0.3) is 0 Å². The van der Waals surface area contributed by atoms with E-state index in [2.05, 4.69) is 35.5 Å². The van der Waals surface area contributed by atoms with Gasteiger partial charge in [-0.2, -0.15) is 5.10 Å². The topological polar surface area (TPSA) is 133 Å². The highest BCUT2D eigenvalue weighted by atomic mass is 16.3. The van der Waals surface area contributed by atoms with Crippen LogP contribution in [-0.4, -0.2) is 60.8 Å². The summed E-state index contributed by atoms with van der Waals surface area (Å²) in [6, 6.07) is 3.70. The van der Waals surface area contributed by atoms with Crippen LogP contribution in [0.1, 0.15) is 5.69 Å². The van der Waals surface area contributed by atoms with Crippen LogP contribution in [0.15, 0.2) is 24.7 Å². The fourth-order valence-electron chi connectivity index (χ4n) is 2.82. The van der Waals surface area contributed by atoms with Gasteiger partial charge in [0.2, 0.25) is 5.91 Å². The SMILES string of the molecule is Cc1nc(-c2ncn[nH]2)ccc1-c1cnc2c(n1)N(CCO)C(=O)CN2. The smallest absolute Gasteiger partial charge is 0.247 e. The van der Waals surface area contributed by atoms with E-state index in [4.69, 9.17) is 0 Å². The van der Waals surface area contributed by atoms with Gasteiger partial charge in [0.15, 0.2) is 17.5 Å². The number of anilines is 2. The summed E-state index contributed by atoms with van der Waals surface area (Å²) in [6.07, 6.45) is 3.06. The van der Waals surface area contributed by atoms with Crippen LogP contribution in [0.5, 0.6) is 0 Å². The first-order valence-corrected chi connectivity index (χ1v) is 8.03. The molecule has 0 spiro atoms. The minimum absolute atomic E-state index is 0.132. The number of fused-ring (bicyclic) bond motifs is 1. The van der Waals surface area contributed by atoms with Crippen molar-refractivity contribution in [3.8, 4) is 22.8 Å². The molecule has 3 N–H and O–H groups in total. The molecule has 0 saturated heterocycles. The van der Waals surface area contributed by atoms with Crippen molar-refractivity contribution >= 4 is 17.5 Å². The molecule has 3 aromatic heterocycles. The van der Waals surface area contributed by atoms with Crippen LogP contribution >= 0.6 is 0 Å². The van der Waals surface area contributed by atoms with Gasteiger partial charge in [-0.1, -0.05) is 0 Å². The number of rotatable bonds is 4. The number of aromatic nitrogens is 6. The van der Waals surface area contributed by atoms with Crippen LogP contribution in [-0.2, 0) is 4.79 Å². The lowest BCUT2D eigenvalue weighted by atomic mass is 10.1. The molecule has 4 rings (SSSR count). The zero-order valence-corrected chi connectivity index (χ0v) is 14.0. The predicted octanol–water partition coefficient (Wildman–Crippen LogP) is 0.383. The van der Waals surface area contributed by atoms with Crippen molar-refractivity contribution in [2.45, 2.75) is 6.92 Å². The number of hydrogen-bond acceptors (Lipinski definition) is 8. The Hall–Kier alpha value is -3.40. The van der Waals surface area contributed by atoms with Gasteiger partial charge in [0.1, 0.15) is 12.0 Å². The summed E-state index contributed by atoms with van der Waals surface area (Å²) in [5.41, 5.74) is 2.81. The fraction of sp³-hybridized carbons (Fsp3) is 0.250. The molecule has 0 aromatic carbocycles. The number of β-amino-alcohol motifs (C(OH)–C–C–N with tert-alkyl or cyclic N) is 1. The van der Waals surface area contributed by atoms with Crippen LogP contribution in [0.3, 0.4) is 0 Å². The van der Waals surface area contributed by atoms with E-state index in [1.807, 2.05) is 19.1 Å². The van der Waals surface area contributed by atoms with Crippen molar-refractivity contribution in [2.75, 3.05) is 29.9 Å². The maximum absolute atomic E-state index is 12.1. The third kappa shape index (κ3) is 2.75. The molecule has 132 valence electrons. The maximum Gasteiger partial charge on any atom is 0.247 e. The molecule has 0 atom stereocenters. The number of nitrogens with zero attached hydrogens (tertiary/aromatic N) is 6. The molecule has 1 aliphatic heterocycles. The van der Waals surface area contributed by atoms with Crippen molar-refractivity contribution < 1.29 is 9.90 Å². The van der Waals surface area contributed by atoms with E-state index < -0.39 is 0 Å². The molecule has 4 heterocycles. The minimum Gasteiger partial charge on any atom is -0.395 e. The summed E-state index contributed by atoms with van der Waals surface area (Å²) in [4.78, 5) is 31.1. The van der Waals surface area contributed by atoms with E-state index in [-0.39, 0.29) is 25.6 Å². The number of aryl methyl sites for hydroxylation is 1. The monoisotopic (exact) mass is 352 g/mol. The van der Waals surface area contributed by atoms with Gasteiger partial charge in [-0.3, -0.25) is 14.8 Å². The molecule has 26 heavy (non-hydrogen) atoms. The Morgan fingerprint density at radius 3 is 2.85 bits per heavy atom. The number of nitrogens with one attached hydrogen (secondary N) is 2. The molecule has 1 aliphatic rings. The van der Waals surface area contributed by atoms with Crippen molar-refractivity contribution in [3.63, 3.8) is 0 Å². The van der Waals surface area contributed by atoms with Crippen LogP contribution in [0.25, 0.3) is 22.8 Å². The van der Waals surface area contributed by atoms with Gasteiger partial charge in [0.05, 0.1) is 31.6 Å². The molecular weight excluding hydrogens is 336 g/mol. The van der Waals surface area contributed by atoms with Crippen LogP contribution in [0.4, 0.5) is 11.6 Å². The van der Waals surface area contributed by atoms with Crippen molar-refractivity contribution in [2.24, 2.45) is 0 Å². The summed E-state index contributed by atoms with van der Waals surface area (Å²) in [5, 5.41) is 18.8. The number of aromatic amines is 1. The average molecular weight is 352 g/mol. The third-order valence-electron chi connectivity index (χ3n) is 4.06. The Labute approximate surface area is 148 Å². The molecule has 1 amide bonds. The highest BCUT2D eigenvalue weighted by Crippen LogP contribution is 2.30. The van der Waals surface area contributed by atoms with Gasteiger partial charge in [0, 0.05) is 11.3 Å². The quantitative estimate of drug-likeness (QED) is 0.614. The molecule has 0 fully saturated rings. The average Bonchev–Trinajstić information content (AvgIpc) is 3.18. The number of aliphatic hydroxyl groups is 1. The number of H-pyrrole nitrogens is 1. The second-order valence-corrected chi connectivity index (χ2v) is 5.71. The van der Waals surface area contributed by atoms with Gasteiger partial charge >= 0.3 is 0 Å². The van der Waals surface area contributed by atoms with Gasteiger partial charge < -0.3 is 10.4 Å². The minimum atomic E-state index is -0.159. The number of hydrogen-bond donors (Lipinski definition) is 3. The van der Waals surface area contributed by atoms with Crippen molar-refractivity contribution in [3.05, 3.63) is 30.4 Å². The first-order valence-electron chi connectivity index (χ1n) is 8.03. The van der Waals surface area contributed by atoms with Gasteiger partial charge in [-0.15, -0.1) is 0 Å². The third-order valence-corrected chi connectivity index (χ3v) is 4.06. The molecule has 0 unspecified atom stereocenters. The molecule has 0 bridgehead atoms. The van der Waals surface area contributed by atoms with Gasteiger partial charge in [-0.05, 0) is 19.1 Å². The van der Waals surface area contributed by atoms with E-state index in [0.29, 0.717) is 28.8 Å². The van der Waals surface area contributed by atoms with E-state index in [9.17, 15) is 9.90 Å². The number of carbonyl (C=O) groups is 1. The predicted molar refractivity (Wildman–Crippen MR) is 93.3 cm³/mol. The molecule has 0 saturated carbocycles. The first kappa shape index (κ1) is 16.1. The molecule has 0 radical (unpaired) electrons. The molecular formula is C16H16N8O2. The van der Waals surface area contributed by atoms with Crippen LogP contribution in [0.2, 0.25) is 0 Å². The van der Waals surface area contributed by atoms with Crippen LogP contribution in [0, 0.1) is 6.92 Å². The Morgan fingerprint density at radius 1 is 1.23 bits per heavy atom. The number of aliphatic hydroxyl groups excluding tert-OH is 1. The summed E-state index contributed by atoms with van der Waals surface area (Å²) in [7, 11) is 0. The number of pyridine rings is 1. The maximum atomic E-state index is 12.1. The fourth-order valence-corrected chi connectivity index (χ4v) is 2.82. The number of carbonyl (C=O) groups excluding carboxylic acids is 1. The zero-order chi connectivity index (χ0) is 18.1. The Kier molecular flexibility index (Phi) is 4.01. The molecule has 10 nitrogen and oxygen atoms in total. The summed E-state index contributed by atoms with van der Waals surface area (Å²) in [5.74, 6) is 1.35. The second kappa shape index (κ2) is 6.48. The molecule has 0 aliphatic carbocycles. The van der Waals surface area contributed by atoms with E-state index >= 15 is 0 Å². The first-order chi connectivity index (χ1) is 12.7. The largest absolute Gasteiger partial charge is 0.395 e. The summed E-state index contributed by atoms with van der Waals surface area (Å²) >= 11 is 0. The lowest BCUT2D eigenvalue weighted by Crippen LogP contribution is -2.42. The lowest BCUT2D eigenvalue weighted by Gasteiger charge is -2.28.